The largest absolute Gasteiger partial charge is 0.505 e. The Morgan fingerprint density at radius 2 is 1.46 bits per heavy atom. The molecule has 4 aromatic rings. The Labute approximate surface area is 157 Å². The molecule has 0 aliphatic carbocycles. The molecule has 0 amide bonds. The van der Waals surface area contributed by atoms with E-state index in [0.717, 1.165) is 0 Å². The summed E-state index contributed by atoms with van der Waals surface area (Å²) in [5.41, 5.74) is 7.70. The van der Waals surface area contributed by atoms with Crippen molar-refractivity contribution in [3.8, 4) is 34.2 Å². The second kappa shape index (κ2) is 6.52. The molecular formula is C19H14F3N5O. The summed E-state index contributed by atoms with van der Waals surface area (Å²) >= 11 is 0. The summed E-state index contributed by atoms with van der Waals surface area (Å²) in [5, 5.41) is 11.6. The molecular weight excluding hydrogens is 371 g/mol. The van der Waals surface area contributed by atoms with Crippen LogP contribution in [0.25, 0.3) is 34.2 Å². The van der Waals surface area contributed by atoms with Crippen LogP contribution in [0, 0.1) is 6.92 Å². The highest BCUT2D eigenvalue weighted by atomic mass is 19.4. The van der Waals surface area contributed by atoms with Gasteiger partial charge in [-0.2, -0.15) is 9.78 Å². The van der Waals surface area contributed by atoms with Crippen molar-refractivity contribution >= 4 is 5.69 Å². The van der Waals surface area contributed by atoms with Gasteiger partial charge in [-0.15, -0.1) is 23.4 Å². The van der Waals surface area contributed by atoms with Crippen LogP contribution in [0.1, 0.15) is 5.69 Å². The van der Waals surface area contributed by atoms with E-state index in [2.05, 4.69) is 15.3 Å². The van der Waals surface area contributed by atoms with Crippen LogP contribution in [0.4, 0.5) is 18.9 Å². The summed E-state index contributed by atoms with van der Waals surface area (Å²) in [5.74, 6) is 0.268. The molecule has 2 N–H and O–H groups in total. The molecule has 9 heteroatoms. The minimum atomic E-state index is -4.66. The molecule has 2 heterocycles. The number of anilines is 1. The minimum absolute atomic E-state index is 0.0353. The van der Waals surface area contributed by atoms with Crippen LogP contribution < -0.4 is 5.73 Å². The van der Waals surface area contributed by atoms with E-state index in [1.54, 1.807) is 48.5 Å². The van der Waals surface area contributed by atoms with Crippen LogP contribution in [-0.2, 0) is 6.30 Å². The van der Waals surface area contributed by atoms with E-state index in [0.29, 0.717) is 16.8 Å². The van der Waals surface area contributed by atoms with Crippen LogP contribution in [-0.4, -0.2) is 20.0 Å². The lowest BCUT2D eigenvalue weighted by molar-refractivity contribution is -0.211. The van der Waals surface area contributed by atoms with Gasteiger partial charge in [0.05, 0.1) is 17.0 Å². The van der Waals surface area contributed by atoms with E-state index >= 15 is 0 Å². The van der Waals surface area contributed by atoms with Crippen molar-refractivity contribution in [2.24, 2.45) is 0 Å². The highest BCUT2D eigenvalue weighted by molar-refractivity contribution is 5.79. The zero-order chi connectivity index (χ0) is 19.9. The number of rotatable bonds is 3. The molecule has 6 nitrogen and oxygen atoms in total. The van der Waals surface area contributed by atoms with E-state index in [1.807, 2.05) is 0 Å². The molecule has 0 bridgehead atoms. The average Bonchev–Trinajstić information content (AvgIpc) is 3.29. The summed E-state index contributed by atoms with van der Waals surface area (Å²) in [6.07, 6.45) is -4.66. The third-order valence-corrected chi connectivity index (χ3v) is 4.12. The van der Waals surface area contributed by atoms with Crippen molar-refractivity contribution in [1.29, 1.82) is 0 Å². The second-order valence-electron chi connectivity index (χ2n) is 6.10. The molecule has 0 atom stereocenters. The summed E-state index contributed by atoms with van der Waals surface area (Å²) < 4.78 is 45.9. The van der Waals surface area contributed by atoms with Gasteiger partial charge in [-0.3, -0.25) is 0 Å². The lowest BCUT2D eigenvalue weighted by atomic mass is 10.0. The van der Waals surface area contributed by atoms with Gasteiger partial charge in [-0.25, -0.2) is 0 Å². The van der Waals surface area contributed by atoms with Crippen molar-refractivity contribution < 1.29 is 17.6 Å². The van der Waals surface area contributed by atoms with Gasteiger partial charge < -0.3 is 10.2 Å². The van der Waals surface area contributed by atoms with E-state index in [4.69, 9.17) is 10.2 Å². The Morgan fingerprint density at radius 3 is 2.11 bits per heavy atom. The standard InChI is InChI=1S/C19H14F3N5O/c1-11-10-16(27(26-11)19(20,21)22)12-6-2-3-7-13(12)17-24-25-18(28-17)14-8-4-5-9-15(14)23/h2-10H,23H2,1H3. The average molecular weight is 385 g/mol. The van der Waals surface area contributed by atoms with Crippen molar-refractivity contribution in [3.63, 3.8) is 0 Å². The maximum absolute atomic E-state index is 13.4. The zero-order valence-electron chi connectivity index (χ0n) is 14.6. The number of nitrogen functional groups attached to an aromatic ring is 1. The van der Waals surface area contributed by atoms with E-state index < -0.39 is 6.30 Å². The van der Waals surface area contributed by atoms with Crippen LogP contribution in [0.3, 0.4) is 0 Å². The third-order valence-electron chi connectivity index (χ3n) is 4.12. The molecule has 2 aromatic heterocycles. The number of alkyl halides is 3. The van der Waals surface area contributed by atoms with Crippen LogP contribution in [0.15, 0.2) is 59.0 Å². The summed E-state index contributed by atoms with van der Waals surface area (Å²) in [6, 6.07) is 14.8. The number of hydrogen-bond acceptors (Lipinski definition) is 5. The van der Waals surface area contributed by atoms with E-state index in [9.17, 15) is 13.2 Å². The predicted molar refractivity (Wildman–Crippen MR) is 96.8 cm³/mol. The lowest BCUT2D eigenvalue weighted by Gasteiger charge is -2.12. The van der Waals surface area contributed by atoms with Crippen molar-refractivity contribution in [3.05, 3.63) is 60.3 Å². The molecule has 0 spiro atoms. The molecule has 0 unspecified atom stereocenters. The van der Waals surface area contributed by atoms with Gasteiger partial charge in [0.2, 0.25) is 11.8 Å². The quantitative estimate of drug-likeness (QED) is 0.520. The fourth-order valence-electron chi connectivity index (χ4n) is 2.91. The van der Waals surface area contributed by atoms with Crippen molar-refractivity contribution in [2.75, 3.05) is 5.73 Å². The number of hydrogen-bond donors (Lipinski definition) is 1. The fraction of sp³-hybridized carbons (Fsp3) is 0.105. The molecule has 2 aromatic carbocycles. The maximum Gasteiger partial charge on any atom is 0.505 e. The summed E-state index contributed by atoms with van der Waals surface area (Å²) in [7, 11) is 0. The van der Waals surface area contributed by atoms with Gasteiger partial charge in [0.1, 0.15) is 0 Å². The van der Waals surface area contributed by atoms with Crippen molar-refractivity contribution in [2.45, 2.75) is 13.2 Å². The molecule has 0 radical (unpaired) electrons. The molecule has 4 rings (SSSR count). The first-order valence-electron chi connectivity index (χ1n) is 8.26. The summed E-state index contributed by atoms with van der Waals surface area (Å²) in [4.78, 5) is 0. The first-order valence-corrected chi connectivity index (χ1v) is 8.26. The lowest BCUT2D eigenvalue weighted by Crippen LogP contribution is -2.19. The van der Waals surface area contributed by atoms with Gasteiger partial charge in [0.25, 0.3) is 0 Å². The van der Waals surface area contributed by atoms with Gasteiger partial charge in [-0.1, -0.05) is 30.3 Å². The highest BCUT2D eigenvalue weighted by Crippen LogP contribution is 2.36. The van der Waals surface area contributed by atoms with Gasteiger partial charge in [0.15, 0.2) is 0 Å². The van der Waals surface area contributed by atoms with Gasteiger partial charge >= 0.3 is 6.30 Å². The molecule has 0 saturated carbocycles. The Hall–Kier alpha value is -3.62. The Morgan fingerprint density at radius 1 is 0.893 bits per heavy atom. The number of aryl methyl sites for hydroxylation is 1. The van der Waals surface area contributed by atoms with Crippen molar-refractivity contribution in [1.82, 2.24) is 20.0 Å². The molecule has 0 fully saturated rings. The highest BCUT2D eigenvalue weighted by Gasteiger charge is 2.35. The molecule has 0 saturated heterocycles. The first kappa shape index (κ1) is 17.8. The number of nitrogens with two attached hydrogens (primary N) is 1. The van der Waals surface area contributed by atoms with Gasteiger partial charge in [0, 0.05) is 16.8 Å². The Kier molecular flexibility index (Phi) is 4.14. The molecule has 0 aliphatic heterocycles. The predicted octanol–water partition coefficient (Wildman–Crippen LogP) is 4.63. The SMILES string of the molecule is Cc1cc(-c2ccccc2-c2nnc(-c3ccccc3N)o2)n(C(F)(F)F)n1. The maximum atomic E-state index is 13.4. The number of halogens is 3. The monoisotopic (exact) mass is 385 g/mol. The Bertz CT molecular complexity index is 1150. The minimum Gasteiger partial charge on any atom is -0.416 e. The zero-order valence-corrected chi connectivity index (χ0v) is 14.6. The number of para-hydroxylation sites is 1. The van der Waals surface area contributed by atoms with Gasteiger partial charge in [-0.05, 0) is 31.2 Å². The van der Waals surface area contributed by atoms with Crippen LogP contribution in [0.2, 0.25) is 0 Å². The number of nitrogens with zero attached hydrogens (tertiary/aromatic N) is 4. The molecule has 142 valence electrons. The van der Waals surface area contributed by atoms with E-state index in [-0.39, 0.29) is 33.4 Å². The number of aromatic nitrogens is 4. The summed E-state index contributed by atoms with van der Waals surface area (Å²) in [6.45, 7) is 1.50. The Balaban J connectivity index is 1.84. The fourth-order valence-corrected chi connectivity index (χ4v) is 2.91. The molecule has 0 aliphatic rings. The second-order valence-corrected chi connectivity index (χ2v) is 6.10. The topological polar surface area (TPSA) is 82.8 Å². The number of benzene rings is 2. The normalized spacial score (nSPS) is 11.7. The van der Waals surface area contributed by atoms with Crippen LogP contribution in [0.5, 0.6) is 0 Å². The molecule has 28 heavy (non-hydrogen) atoms. The first-order chi connectivity index (χ1) is 13.3. The van der Waals surface area contributed by atoms with E-state index in [1.165, 1.54) is 13.0 Å². The smallest absolute Gasteiger partial charge is 0.416 e. The van der Waals surface area contributed by atoms with Crippen LogP contribution >= 0.6 is 0 Å². The third kappa shape index (κ3) is 3.11.